The van der Waals surface area contributed by atoms with Crippen molar-refractivity contribution in [3.8, 4) is 0 Å². The van der Waals surface area contributed by atoms with Crippen LogP contribution in [0.5, 0.6) is 0 Å². The lowest BCUT2D eigenvalue weighted by molar-refractivity contribution is -0.138. The van der Waals surface area contributed by atoms with Gasteiger partial charge in [-0.15, -0.1) is 11.8 Å². The summed E-state index contributed by atoms with van der Waals surface area (Å²) in [5.41, 5.74) is 0. The molecule has 1 saturated carbocycles. The molecule has 0 aromatic heterocycles. The fourth-order valence-electron chi connectivity index (χ4n) is 3.82. The maximum atomic E-state index is 12.0. The number of carboxylic acid groups (broad SMARTS) is 2. The zero-order chi connectivity index (χ0) is 21.4. The van der Waals surface area contributed by atoms with Crippen molar-refractivity contribution in [3.05, 3.63) is 0 Å². The number of fused-ring (bicyclic) bond motifs is 1. The van der Waals surface area contributed by atoms with Crippen LogP contribution in [-0.2, 0) is 24.0 Å². The first kappa shape index (κ1) is 23.1. The number of unbranched alkanes of at least 4 members (excludes halogenated alkanes) is 1. The fourth-order valence-corrected chi connectivity index (χ4v) is 5.67. The molecule has 2 amide bonds. The molecule has 2 aliphatic rings. The average Bonchev–Trinajstić information content (AvgIpc) is 3.17. The van der Waals surface area contributed by atoms with Gasteiger partial charge in [-0.3, -0.25) is 29.3 Å². The van der Waals surface area contributed by atoms with E-state index in [1.54, 1.807) is 11.8 Å². The summed E-state index contributed by atoms with van der Waals surface area (Å²) in [6.45, 7) is -0.814. The number of carboxylic acids is 2. The Morgan fingerprint density at radius 1 is 0.897 bits per heavy atom. The highest BCUT2D eigenvalue weighted by atomic mass is 32.2. The second kappa shape index (κ2) is 11.1. The van der Waals surface area contributed by atoms with Gasteiger partial charge in [0.05, 0.1) is 18.5 Å². The number of Topliss-reactive ketones (excluding diaryl/α,β-unsaturated/α-hetero) is 1. The van der Waals surface area contributed by atoms with E-state index < -0.39 is 24.4 Å². The van der Waals surface area contributed by atoms with Crippen LogP contribution in [0.15, 0.2) is 0 Å². The largest absolute Gasteiger partial charge is 0.481 e. The summed E-state index contributed by atoms with van der Waals surface area (Å²) >= 11 is 1.71. The van der Waals surface area contributed by atoms with Crippen molar-refractivity contribution in [3.63, 3.8) is 0 Å². The Balaban J connectivity index is 1.74. The normalized spacial score (nSPS) is 25.4. The van der Waals surface area contributed by atoms with E-state index in [0.717, 1.165) is 12.8 Å². The number of hydrogen-bond acceptors (Lipinski definition) is 7. The molecule has 1 heterocycles. The summed E-state index contributed by atoms with van der Waals surface area (Å²) in [7, 11) is 0. The molecule has 162 valence electrons. The van der Waals surface area contributed by atoms with Gasteiger partial charge in [0.15, 0.2) is 0 Å². The van der Waals surface area contributed by atoms with Crippen molar-refractivity contribution in [2.24, 2.45) is 11.8 Å². The Kier molecular flexibility index (Phi) is 8.90. The number of rotatable bonds is 12. The maximum absolute atomic E-state index is 12.0. The van der Waals surface area contributed by atoms with Crippen LogP contribution in [0.4, 0.5) is 0 Å². The van der Waals surface area contributed by atoms with Crippen LogP contribution < -0.4 is 16.0 Å². The predicted octanol–water partition coefficient (Wildman–Crippen LogP) is -0.425. The van der Waals surface area contributed by atoms with E-state index in [2.05, 4.69) is 16.0 Å². The van der Waals surface area contributed by atoms with Gasteiger partial charge in [-0.2, -0.15) is 0 Å². The minimum absolute atomic E-state index is 0.00692. The average molecular weight is 429 g/mol. The third-order valence-electron chi connectivity index (χ3n) is 5.14. The van der Waals surface area contributed by atoms with E-state index in [1.807, 2.05) is 0 Å². The van der Waals surface area contributed by atoms with Gasteiger partial charge < -0.3 is 20.8 Å². The standard InChI is InChI=1S/C18H27N3O7S/c22-10-5-11-12(6-10)18(29-13(11)3-1-2-4-16(25)26)21-8-15(24)19-7-14(23)20-9-17(27)28/h11-13,18,21H,1-9H2,(H,19,24)(H,20,23)(H,25,26)(H,27,28)/t11-,12+,13-,18?/m0/s1. The van der Waals surface area contributed by atoms with Gasteiger partial charge in [-0.05, 0) is 24.7 Å². The van der Waals surface area contributed by atoms with E-state index in [9.17, 15) is 24.0 Å². The van der Waals surface area contributed by atoms with Crippen molar-refractivity contribution in [1.82, 2.24) is 16.0 Å². The number of amides is 2. The van der Waals surface area contributed by atoms with Gasteiger partial charge in [-0.1, -0.05) is 6.42 Å². The highest BCUT2D eigenvalue weighted by Crippen LogP contribution is 2.51. The number of aliphatic carboxylic acids is 2. The van der Waals surface area contributed by atoms with E-state index in [0.29, 0.717) is 19.3 Å². The van der Waals surface area contributed by atoms with E-state index in [1.165, 1.54) is 0 Å². The van der Waals surface area contributed by atoms with Gasteiger partial charge in [0.1, 0.15) is 12.3 Å². The molecule has 2 fully saturated rings. The molecule has 0 bridgehead atoms. The number of carbonyl (C=O) groups is 5. The van der Waals surface area contributed by atoms with Crippen molar-refractivity contribution >= 4 is 41.3 Å². The smallest absolute Gasteiger partial charge is 0.322 e. The number of carbonyl (C=O) groups excluding carboxylic acids is 3. The minimum Gasteiger partial charge on any atom is -0.481 e. The molecule has 0 aromatic rings. The molecular weight excluding hydrogens is 402 g/mol. The third kappa shape index (κ3) is 7.65. The van der Waals surface area contributed by atoms with Crippen molar-refractivity contribution < 1.29 is 34.2 Å². The van der Waals surface area contributed by atoms with Crippen LogP contribution in [-0.4, -0.2) is 70.0 Å². The predicted molar refractivity (Wildman–Crippen MR) is 104 cm³/mol. The number of nitrogens with one attached hydrogen (secondary N) is 3. The molecule has 1 aliphatic heterocycles. The quantitative estimate of drug-likeness (QED) is 0.259. The summed E-state index contributed by atoms with van der Waals surface area (Å²) in [4.78, 5) is 56.3. The van der Waals surface area contributed by atoms with Gasteiger partial charge in [0.25, 0.3) is 0 Å². The summed E-state index contributed by atoms with van der Waals surface area (Å²) in [6, 6.07) is 0. The molecule has 2 rings (SSSR count). The molecule has 1 aliphatic carbocycles. The van der Waals surface area contributed by atoms with E-state index in [4.69, 9.17) is 10.2 Å². The van der Waals surface area contributed by atoms with Crippen LogP contribution in [0.3, 0.4) is 0 Å². The zero-order valence-electron chi connectivity index (χ0n) is 16.0. The first-order chi connectivity index (χ1) is 13.8. The Morgan fingerprint density at radius 2 is 1.55 bits per heavy atom. The van der Waals surface area contributed by atoms with Crippen LogP contribution >= 0.6 is 11.8 Å². The first-order valence-electron chi connectivity index (χ1n) is 9.63. The molecule has 0 spiro atoms. The molecule has 1 unspecified atom stereocenters. The molecule has 11 heteroatoms. The van der Waals surface area contributed by atoms with Gasteiger partial charge in [0, 0.05) is 24.5 Å². The second-order valence-electron chi connectivity index (χ2n) is 7.34. The summed E-state index contributed by atoms with van der Waals surface area (Å²) in [6.07, 6.45) is 3.42. The van der Waals surface area contributed by atoms with Crippen LogP contribution in [0, 0.1) is 11.8 Å². The third-order valence-corrected chi connectivity index (χ3v) is 6.88. The second-order valence-corrected chi connectivity index (χ2v) is 8.72. The van der Waals surface area contributed by atoms with Crippen molar-refractivity contribution in [2.45, 2.75) is 49.1 Å². The van der Waals surface area contributed by atoms with Gasteiger partial charge in [0.2, 0.25) is 11.8 Å². The Bertz CT molecular complexity index is 657. The SMILES string of the molecule is O=C(O)CCCC[C@@H]1SC(NCC(=O)NCC(=O)NCC(=O)O)[C@@H]2CC(=O)C[C@H]12. The highest BCUT2D eigenvalue weighted by Gasteiger charge is 2.48. The lowest BCUT2D eigenvalue weighted by atomic mass is 9.90. The van der Waals surface area contributed by atoms with Gasteiger partial charge in [-0.25, -0.2) is 0 Å². The molecule has 0 aromatic carbocycles. The zero-order valence-corrected chi connectivity index (χ0v) is 16.8. The Labute approximate surface area is 172 Å². The lowest BCUT2D eigenvalue weighted by Crippen LogP contribution is -2.44. The van der Waals surface area contributed by atoms with Crippen LogP contribution in [0.1, 0.15) is 38.5 Å². The maximum Gasteiger partial charge on any atom is 0.322 e. The van der Waals surface area contributed by atoms with Crippen LogP contribution in [0.2, 0.25) is 0 Å². The Morgan fingerprint density at radius 3 is 2.24 bits per heavy atom. The number of ketones is 1. The Hall–Kier alpha value is -2.14. The molecule has 0 radical (unpaired) electrons. The van der Waals surface area contributed by atoms with E-state index in [-0.39, 0.29) is 53.7 Å². The molecular formula is C18H27N3O7S. The molecule has 5 N–H and O–H groups in total. The highest BCUT2D eigenvalue weighted by molar-refractivity contribution is 8.00. The van der Waals surface area contributed by atoms with E-state index >= 15 is 0 Å². The number of thioether (sulfide) groups is 1. The molecule has 29 heavy (non-hydrogen) atoms. The molecule has 10 nitrogen and oxygen atoms in total. The minimum atomic E-state index is -1.16. The van der Waals surface area contributed by atoms with Crippen LogP contribution in [0.25, 0.3) is 0 Å². The monoisotopic (exact) mass is 429 g/mol. The summed E-state index contributed by atoms with van der Waals surface area (Å²) < 4.78 is 0. The van der Waals surface area contributed by atoms with Gasteiger partial charge >= 0.3 is 11.9 Å². The first-order valence-corrected chi connectivity index (χ1v) is 10.6. The topological polar surface area (TPSA) is 162 Å². The van der Waals surface area contributed by atoms with Crippen molar-refractivity contribution in [2.75, 3.05) is 19.6 Å². The number of hydrogen-bond donors (Lipinski definition) is 5. The van der Waals surface area contributed by atoms with Crippen molar-refractivity contribution in [1.29, 1.82) is 0 Å². The summed E-state index contributed by atoms with van der Waals surface area (Å²) in [5, 5.41) is 25.2. The lowest BCUT2D eigenvalue weighted by Gasteiger charge is -2.18. The fraction of sp³-hybridized carbons (Fsp3) is 0.722. The molecule has 4 atom stereocenters. The summed E-state index contributed by atoms with van der Waals surface area (Å²) in [5.74, 6) is -2.31. The molecule has 1 saturated heterocycles.